The van der Waals surface area contributed by atoms with Gasteiger partial charge in [-0.25, -0.2) is 0 Å². The van der Waals surface area contributed by atoms with Crippen molar-refractivity contribution < 1.29 is 5.11 Å². The molecule has 2 aromatic carbocycles. The number of anilines is 2. The number of benzene rings is 2. The van der Waals surface area contributed by atoms with Crippen molar-refractivity contribution in [3.63, 3.8) is 0 Å². The first-order valence-electron chi connectivity index (χ1n) is 7.63. The Balaban J connectivity index is 1.89. The third kappa shape index (κ3) is 3.14. The molecule has 1 heterocycles. The summed E-state index contributed by atoms with van der Waals surface area (Å²) in [5, 5.41) is 22.0. The Morgan fingerprint density at radius 3 is 2.48 bits per heavy atom. The molecular formula is C18H22N4O. The Hall–Kier alpha value is -2.53. The fourth-order valence-corrected chi connectivity index (χ4v) is 2.59. The van der Waals surface area contributed by atoms with Crippen LogP contribution in [0.15, 0.2) is 42.5 Å². The van der Waals surface area contributed by atoms with Crippen LogP contribution in [0, 0.1) is 0 Å². The smallest absolute Gasteiger partial charge is 0.150 e. The lowest BCUT2D eigenvalue weighted by molar-refractivity contribution is 0.208. The number of hydrogen-bond donors (Lipinski definition) is 4. The maximum Gasteiger partial charge on any atom is 0.150 e. The lowest BCUT2D eigenvalue weighted by atomic mass is 9.90. The molecule has 5 nitrogen and oxygen atoms in total. The molecule has 1 atom stereocenters. The molecule has 0 saturated heterocycles. The number of fused-ring (bicyclic) bond motifs is 1. The number of aliphatic hydroxyl groups is 1. The zero-order valence-electron chi connectivity index (χ0n) is 13.6. The summed E-state index contributed by atoms with van der Waals surface area (Å²) in [4.78, 5) is 0. The van der Waals surface area contributed by atoms with Crippen molar-refractivity contribution in [2.75, 3.05) is 11.1 Å². The Labute approximate surface area is 135 Å². The van der Waals surface area contributed by atoms with Crippen molar-refractivity contribution in [3.05, 3.63) is 53.7 Å². The van der Waals surface area contributed by atoms with E-state index in [9.17, 15) is 5.11 Å². The van der Waals surface area contributed by atoms with E-state index in [1.807, 2.05) is 30.3 Å². The second-order valence-electron chi connectivity index (χ2n) is 6.79. The molecule has 0 aliphatic carbocycles. The fourth-order valence-electron chi connectivity index (χ4n) is 2.59. The predicted octanol–water partition coefficient (Wildman–Crippen LogP) is 3.55. The molecular weight excluding hydrogens is 288 g/mol. The highest BCUT2D eigenvalue weighted by atomic mass is 16.3. The minimum atomic E-state index is -0.793. The van der Waals surface area contributed by atoms with Gasteiger partial charge in [-0.1, -0.05) is 32.9 Å². The summed E-state index contributed by atoms with van der Waals surface area (Å²) < 4.78 is 0. The minimum Gasteiger partial charge on any atom is -0.399 e. The number of hydrogen-bond acceptors (Lipinski definition) is 4. The van der Waals surface area contributed by atoms with Gasteiger partial charge in [0.1, 0.15) is 0 Å². The molecule has 5 N–H and O–H groups in total. The van der Waals surface area contributed by atoms with Crippen molar-refractivity contribution >= 4 is 22.3 Å². The summed E-state index contributed by atoms with van der Waals surface area (Å²) >= 11 is 0. The number of nitrogen functional groups attached to an aromatic ring is 1. The standard InChI is InChI=1S/C18H22N4O/c1-18(2,3)16-14-10-13(8-9-15(14)21-22-16)20-17(23)11-4-6-12(19)7-5-11/h4-10,17,20,23H,19H2,1-3H3,(H,21,22). The van der Waals surface area contributed by atoms with E-state index in [0.29, 0.717) is 5.69 Å². The van der Waals surface area contributed by atoms with Gasteiger partial charge in [0.25, 0.3) is 0 Å². The topological polar surface area (TPSA) is 87.0 Å². The lowest BCUT2D eigenvalue weighted by Crippen LogP contribution is -2.12. The largest absolute Gasteiger partial charge is 0.399 e. The first-order chi connectivity index (χ1) is 10.8. The Bertz CT molecular complexity index is 815. The molecule has 120 valence electrons. The van der Waals surface area contributed by atoms with Crippen LogP contribution in [0.25, 0.3) is 10.9 Å². The molecule has 1 aromatic heterocycles. The molecule has 3 aromatic rings. The molecule has 0 fully saturated rings. The highest BCUT2D eigenvalue weighted by molar-refractivity contribution is 5.85. The summed E-state index contributed by atoms with van der Waals surface area (Å²) in [6, 6.07) is 13.0. The van der Waals surface area contributed by atoms with Crippen molar-refractivity contribution in [1.29, 1.82) is 0 Å². The molecule has 0 spiro atoms. The molecule has 0 aliphatic rings. The van der Waals surface area contributed by atoms with Crippen LogP contribution in [0.3, 0.4) is 0 Å². The van der Waals surface area contributed by atoms with Gasteiger partial charge in [0.05, 0.1) is 5.52 Å². The predicted molar refractivity (Wildman–Crippen MR) is 94.2 cm³/mol. The number of nitrogens with one attached hydrogen (secondary N) is 2. The molecule has 5 heteroatoms. The summed E-state index contributed by atoms with van der Waals surface area (Å²) in [7, 11) is 0. The van der Waals surface area contributed by atoms with E-state index in [0.717, 1.165) is 27.8 Å². The molecule has 1 unspecified atom stereocenters. The van der Waals surface area contributed by atoms with Crippen LogP contribution in [0.4, 0.5) is 11.4 Å². The van der Waals surface area contributed by atoms with Gasteiger partial charge in [-0.3, -0.25) is 5.10 Å². The summed E-state index contributed by atoms with van der Waals surface area (Å²) in [5.41, 5.74) is 9.93. The minimum absolute atomic E-state index is 0.0249. The van der Waals surface area contributed by atoms with Crippen molar-refractivity contribution in [2.24, 2.45) is 0 Å². The van der Waals surface area contributed by atoms with E-state index in [-0.39, 0.29) is 5.41 Å². The first kappa shape index (κ1) is 15.4. The van der Waals surface area contributed by atoms with Crippen LogP contribution in [-0.4, -0.2) is 15.3 Å². The van der Waals surface area contributed by atoms with Crippen LogP contribution >= 0.6 is 0 Å². The van der Waals surface area contributed by atoms with Gasteiger partial charge in [0, 0.05) is 33.4 Å². The quantitative estimate of drug-likeness (QED) is 0.440. The van der Waals surface area contributed by atoms with E-state index in [2.05, 4.69) is 36.3 Å². The van der Waals surface area contributed by atoms with Gasteiger partial charge in [-0.15, -0.1) is 0 Å². The van der Waals surface area contributed by atoms with Gasteiger partial charge < -0.3 is 16.2 Å². The van der Waals surface area contributed by atoms with Crippen LogP contribution in [0.2, 0.25) is 0 Å². The molecule has 0 radical (unpaired) electrons. The van der Waals surface area contributed by atoms with Gasteiger partial charge >= 0.3 is 0 Å². The average molecular weight is 310 g/mol. The fraction of sp³-hybridized carbons (Fsp3) is 0.278. The van der Waals surface area contributed by atoms with Gasteiger partial charge in [-0.05, 0) is 30.3 Å². The third-order valence-electron chi connectivity index (χ3n) is 3.86. The van der Waals surface area contributed by atoms with Crippen LogP contribution < -0.4 is 11.1 Å². The lowest BCUT2D eigenvalue weighted by Gasteiger charge is -2.18. The molecule has 0 bridgehead atoms. The zero-order valence-corrected chi connectivity index (χ0v) is 13.6. The average Bonchev–Trinajstić information content (AvgIpc) is 2.91. The third-order valence-corrected chi connectivity index (χ3v) is 3.86. The Morgan fingerprint density at radius 2 is 1.83 bits per heavy atom. The molecule has 0 amide bonds. The number of aromatic nitrogens is 2. The molecule has 0 saturated carbocycles. The molecule has 23 heavy (non-hydrogen) atoms. The van der Waals surface area contributed by atoms with E-state index in [1.54, 1.807) is 12.1 Å². The Kier molecular flexibility index (Phi) is 3.74. The Morgan fingerprint density at radius 1 is 1.13 bits per heavy atom. The maximum atomic E-state index is 10.3. The second kappa shape index (κ2) is 5.59. The zero-order chi connectivity index (χ0) is 16.6. The van der Waals surface area contributed by atoms with E-state index in [4.69, 9.17) is 5.73 Å². The van der Waals surface area contributed by atoms with E-state index in [1.165, 1.54) is 0 Å². The maximum absolute atomic E-state index is 10.3. The van der Waals surface area contributed by atoms with Gasteiger partial charge in [-0.2, -0.15) is 5.10 Å². The summed E-state index contributed by atoms with van der Waals surface area (Å²) in [6.07, 6.45) is -0.793. The molecule has 0 aliphatic heterocycles. The number of aromatic amines is 1. The van der Waals surface area contributed by atoms with Crippen LogP contribution in [0.5, 0.6) is 0 Å². The number of nitrogens with zero attached hydrogens (tertiary/aromatic N) is 1. The molecule has 3 rings (SSSR count). The van der Waals surface area contributed by atoms with Crippen LogP contribution in [-0.2, 0) is 5.41 Å². The second-order valence-corrected chi connectivity index (χ2v) is 6.79. The normalized spacial score (nSPS) is 13.2. The number of rotatable bonds is 3. The number of aliphatic hydroxyl groups excluding tert-OH is 1. The van der Waals surface area contributed by atoms with Crippen molar-refractivity contribution in [1.82, 2.24) is 10.2 Å². The highest BCUT2D eigenvalue weighted by Crippen LogP contribution is 2.30. The van der Waals surface area contributed by atoms with E-state index < -0.39 is 6.23 Å². The van der Waals surface area contributed by atoms with Crippen molar-refractivity contribution in [2.45, 2.75) is 32.4 Å². The number of H-pyrrole nitrogens is 1. The monoisotopic (exact) mass is 310 g/mol. The SMILES string of the molecule is CC(C)(C)c1[nH]nc2ccc(NC(O)c3ccc(N)cc3)cc12. The first-order valence-corrected chi connectivity index (χ1v) is 7.63. The van der Waals surface area contributed by atoms with Gasteiger partial charge in [0.2, 0.25) is 0 Å². The number of nitrogens with two attached hydrogens (primary N) is 1. The van der Waals surface area contributed by atoms with Crippen LogP contribution in [0.1, 0.15) is 38.3 Å². The van der Waals surface area contributed by atoms with Gasteiger partial charge in [0.15, 0.2) is 6.23 Å². The summed E-state index contributed by atoms with van der Waals surface area (Å²) in [5.74, 6) is 0. The summed E-state index contributed by atoms with van der Waals surface area (Å²) in [6.45, 7) is 6.43. The van der Waals surface area contributed by atoms with E-state index >= 15 is 0 Å². The highest BCUT2D eigenvalue weighted by Gasteiger charge is 2.20. The van der Waals surface area contributed by atoms with Crippen molar-refractivity contribution in [3.8, 4) is 0 Å².